The van der Waals surface area contributed by atoms with Gasteiger partial charge in [-0.15, -0.1) is 0 Å². The van der Waals surface area contributed by atoms with Gasteiger partial charge in [0.25, 0.3) is 5.91 Å². The number of nitrogens with two attached hydrogens (primary N) is 1. The number of rotatable bonds is 4. The van der Waals surface area contributed by atoms with Crippen molar-refractivity contribution in [3.05, 3.63) is 35.1 Å². The predicted molar refractivity (Wildman–Crippen MR) is 64.2 cm³/mol. The zero-order valence-corrected chi connectivity index (χ0v) is 9.87. The number of carbonyl (C=O) groups excluding carboxylic acids is 1. The third-order valence-electron chi connectivity index (χ3n) is 3.20. The second kappa shape index (κ2) is 4.84. The first-order valence-electron chi connectivity index (χ1n) is 5.89. The molecule has 1 aromatic rings. The van der Waals surface area contributed by atoms with E-state index in [1.807, 2.05) is 0 Å². The molecule has 1 aliphatic carbocycles. The Morgan fingerprint density at radius 2 is 2.29 bits per heavy atom. The van der Waals surface area contributed by atoms with Gasteiger partial charge in [0.2, 0.25) is 0 Å². The van der Waals surface area contributed by atoms with Crippen molar-refractivity contribution in [3.8, 4) is 0 Å². The van der Waals surface area contributed by atoms with Crippen LogP contribution < -0.4 is 11.1 Å². The van der Waals surface area contributed by atoms with Gasteiger partial charge in [-0.3, -0.25) is 4.79 Å². The maximum Gasteiger partial charge on any atom is 0.254 e. The van der Waals surface area contributed by atoms with Crippen LogP contribution in [0.4, 0.5) is 4.39 Å². The Hall–Kier alpha value is -1.42. The summed E-state index contributed by atoms with van der Waals surface area (Å²) in [5.41, 5.74) is 6.18. The molecule has 4 heteroatoms. The number of nitrogens with one attached hydrogen (secondary N) is 1. The van der Waals surface area contributed by atoms with Gasteiger partial charge >= 0.3 is 0 Å². The summed E-state index contributed by atoms with van der Waals surface area (Å²) in [6, 6.07) is 4.80. The van der Waals surface area contributed by atoms with Crippen LogP contribution in [0.15, 0.2) is 18.2 Å². The van der Waals surface area contributed by atoms with E-state index >= 15 is 0 Å². The average molecular weight is 236 g/mol. The van der Waals surface area contributed by atoms with Crippen molar-refractivity contribution in [2.75, 3.05) is 6.54 Å². The molecule has 0 spiro atoms. The highest BCUT2D eigenvalue weighted by molar-refractivity contribution is 5.94. The summed E-state index contributed by atoms with van der Waals surface area (Å²) < 4.78 is 13.7. The van der Waals surface area contributed by atoms with E-state index in [4.69, 9.17) is 5.73 Å². The fourth-order valence-corrected chi connectivity index (χ4v) is 1.94. The molecule has 1 aromatic carbocycles. The van der Waals surface area contributed by atoms with E-state index in [1.54, 1.807) is 19.1 Å². The summed E-state index contributed by atoms with van der Waals surface area (Å²) in [4.78, 5) is 11.9. The monoisotopic (exact) mass is 236 g/mol. The van der Waals surface area contributed by atoms with Gasteiger partial charge in [-0.25, -0.2) is 4.39 Å². The molecule has 1 amide bonds. The fraction of sp³-hybridized carbons (Fsp3) is 0.462. The van der Waals surface area contributed by atoms with Gasteiger partial charge in [0, 0.05) is 12.6 Å². The van der Waals surface area contributed by atoms with Crippen molar-refractivity contribution >= 4 is 5.91 Å². The molecule has 1 unspecified atom stereocenters. The highest BCUT2D eigenvalue weighted by Crippen LogP contribution is 2.32. The Labute approximate surface area is 100 Å². The highest BCUT2D eigenvalue weighted by Gasteiger charge is 2.31. The SMILES string of the molecule is Cc1cccc(C(=O)NC(CN)C2CC2)c1F. The van der Waals surface area contributed by atoms with Crippen LogP contribution >= 0.6 is 0 Å². The fourth-order valence-electron chi connectivity index (χ4n) is 1.94. The van der Waals surface area contributed by atoms with Crippen LogP contribution in [-0.2, 0) is 0 Å². The van der Waals surface area contributed by atoms with Crippen LogP contribution in [0.2, 0.25) is 0 Å². The highest BCUT2D eigenvalue weighted by atomic mass is 19.1. The Bertz CT molecular complexity index is 429. The Balaban J connectivity index is 2.11. The van der Waals surface area contributed by atoms with E-state index in [1.165, 1.54) is 6.07 Å². The first-order chi connectivity index (χ1) is 8.13. The maximum absolute atomic E-state index is 13.7. The summed E-state index contributed by atoms with van der Waals surface area (Å²) in [5, 5.41) is 2.81. The van der Waals surface area contributed by atoms with E-state index in [2.05, 4.69) is 5.32 Å². The quantitative estimate of drug-likeness (QED) is 0.834. The first-order valence-corrected chi connectivity index (χ1v) is 5.89. The van der Waals surface area contributed by atoms with Gasteiger partial charge in [0.15, 0.2) is 0 Å². The summed E-state index contributed by atoms with van der Waals surface area (Å²) in [6.07, 6.45) is 2.19. The van der Waals surface area contributed by atoms with Crippen molar-refractivity contribution < 1.29 is 9.18 Å². The molecule has 0 radical (unpaired) electrons. The van der Waals surface area contributed by atoms with E-state index in [9.17, 15) is 9.18 Å². The van der Waals surface area contributed by atoms with Gasteiger partial charge in [-0.1, -0.05) is 12.1 Å². The summed E-state index contributed by atoms with van der Waals surface area (Å²) in [7, 11) is 0. The molecule has 17 heavy (non-hydrogen) atoms. The van der Waals surface area contributed by atoms with E-state index in [0.717, 1.165) is 12.8 Å². The van der Waals surface area contributed by atoms with Crippen molar-refractivity contribution in [1.29, 1.82) is 0 Å². The van der Waals surface area contributed by atoms with E-state index in [0.29, 0.717) is 18.0 Å². The number of halogens is 1. The van der Waals surface area contributed by atoms with Crippen molar-refractivity contribution in [3.63, 3.8) is 0 Å². The molecule has 0 bridgehead atoms. The van der Waals surface area contributed by atoms with Crippen molar-refractivity contribution in [2.24, 2.45) is 11.7 Å². The molecule has 1 atom stereocenters. The topological polar surface area (TPSA) is 55.1 Å². The maximum atomic E-state index is 13.7. The molecule has 92 valence electrons. The molecule has 1 fully saturated rings. The third-order valence-corrected chi connectivity index (χ3v) is 3.20. The van der Waals surface area contributed by atoms with E-state index < -0.39 is 5.82 Å². The molecule has 0 saturated heterocycles. The standard InChI is InChI=1S/C13H17FN2O/c1-8-3-2-4-10(12(8)14)13(17)16-11(7-15)9-5-6-9/h2-4,9,11H,5-7,15H2,1H3,(H,16,17). The lowest BCUT2D eigenvalue weighted by Crippen LogP contribution is -2.42. The van der Waals surface area contributed by atoms with Crippen molar-refractivity contribution in [2.45, 2.75) is 25.8 Å². The molecular formula is C13H17FN2O. The zero-order chi connectivity index (χ0) is 12.4. The second-order valence-electron chi connectivity index (χ2n) is 4.59. The van der Waals surface area contributed by atoms with Crippen LogP contribution in [-0.4, -0.2) is 18.5 Å². The van der Waals surface area contributed by atoms with Crippen LogP contribution in [0.3, 0.4) is 0 Å². The molecule has 0 heterocycles. The molecule has 2 rings (SSSR count). The molecule has 1 aliphatic rings. The molecule has 3 nitrogen and oxygen atoms in total. The number of amides is 1. The molecule has 1 saturated carbocycles. The summed E-state index contributed by atoms with van der Waals surface area (Å²) in [5.74, 6) is -0.345. The van der Waals surface area contributed by atoms with Crippen LogP contribution in [0.1, 0.15) is 28.8 Å². The molecule has 3 N–H and O–H groups in total. The minimum Gasteiger partial charge on any atom is -0.348 e. The normalized spacial score (nSPS) is 16.6. The minimum atomic E-state index is -0.448. The minimum absolute atomic E-state index is 0.0255. The zero-order valence-electron chi connectivity index (χ0n) is 9.87. The summed E-state index contributed by atoms with van der Waals surface area (Å²) >= 11 is 0. The van der Waals surface area contributed by atoms with Gasteiger partial charge in [-0.2, -0.15) is 0 Å². The number of hydrogen-bond donors (Lipinski definition) is 2. The Kier molecular flexibility index (Phi) is 3.43. The van der Waals surface area contributed by atoms with Crippen LogP contribution in [0.25, 0.3) is 0 Å². The largest absolute Gasteiger partial charge is 0.348 e. The summed E-state index contributed by atoms with van der Waals surface area (Å²) in [6.45, 7) is 2.05. The number of carbonyl (C=O) groups is 1. The van der Waals surface area contributed by atoms with E-state index in [-0.39, 0.29) is 17.5 Å². The lowest BCUT2D eigenvalue weighted by Gasteiger charge is -2.16. The van der Waals surface area contributed by atoms with Gasteiger partial charge in [-0.05, 0) is 37.3 Å². The lowest BCUT2D eigenvalue weighted by molar-refractivity contribution is 0.0929. The van der Waals surface area contributed by atoms with Crippen LogP contribution in [0.5, 0.6) is 0 Å². The molecular weight excluding hydrogens is 219 g/mol. The van der Waals surface area contributed by atoms with Crippen LogP contribution in [0, 0.1) is 18.7 Å². The number of hydrogen-bond acceptors (Lipinski definition) is 2. The Morgan fingerprint density at radius 3 is 2.88 bits per heavy atom. The number of aryl methyl sites for hydroxylation is 1. The third kappa shape index (κ3) is 2.64. The Morgan fingerprint density at radius 1 is 1.59 bits per heavy atom. The van der Waals surface area contributed by atoms with Crippen molar-refractivity contribution in [1.82, 2.24) is 5.32 Å². The number of benzene rings is 1. The molecule has 0 aromatic heterocycles. The first kappa shape index (κ1) is 12.0. The smallest absolute Gasteiger partial charge is 0.254 e. The lowest BCUT2D eigenvalue weighted by atomic mass is 10.1. The van der Waals surface area contributed by atoms with Gasteiger partial charge < -0.3 is 11.1 Å². The second-order valence-corrected chi connectivity index (χ2v) is 4.59. The van der Waals surface area contributed by atoms with Gasteiger partial charge in [0.05, 0.1) is 5.56 Å². The predicted octanol–water partition coefficient (Wildman–Crippen LogP) is 1.60. The van der Waals surface area contributed by atoms with Gasteiger partial charge in [0.1, 0.15) is 5.82 Å². The molecule has 0 aliphatic heterocycles. The average Bonchev–Trinajstić information content (AvgIpc) is 3.13.